The van der Waals surface area contributed by atoms with Crippen LogP contribution in [0.1, 0.15) is 47.1 Å². The minimum absolute atomic E-state index is 0.487. The molecule has 0 spiro atoms. The molecule has 0 aliphatic heterocycles. The van der Waals surface area contributed by atoms with Crippen LogP contribution in [0, 0.1) is 20.8 Å². The predicted molar refractivity (Wildman–Crippen MR) is 203 cm³/mol. The molecule has 0 aromatic heterocycles. The normalized spacial score (nSPS) is 14.0. The summed E-state index contributed by atoms with van der Waals surface area (Å²) in [4.78, 5) is 2.40. The van der Waals surface area contributed by atoms with Crippen molar-refractivity contribution in [3.63, 3.8) is 0 Å². The Kier molecular flexibility index (Phi) is 7.26. The first-order chi connectivity index (χ1) is 23.0. The molecule has 1 nitrogen and oxygen atoms in total. The molecule has 0 amide bonds. The van der Waals surface area contributed by atoms with E-state index in [4.69, 9.17) is 0 Å². The molecule has 0 heterocycles. The summed E-state index contributed by atoms with van der Waals surface area (Å²) in [7, 11) is 0. The van der Waals surface area contributed by atoms with E-state index in [0.29, 0.717) is 5.92 Å². The van der Waals surface area contributed by atoms with Crippen LogP contribution in [-0.4, -0.2) is 0 Å². The largest absolute Gasteiger partial charge is 0.310 e. The average Bonchev–Trinajstić information content (AvgIpc) is 3.09. The highest BCUT2D eigenvalue weighted by molar-refractivity contribution is 6.14. The van der Waals surface area contributed by atoms with Crippen molar-refractivity contribution in [3.8, 4) is 22.3 Å². The molecule has 0 fully saturated rings. The molecule has 0 radical (unpaired) electrons. The van der Waals surface area contributed by atoms with Gasteiger partial charge in [-0.15, -0.1) is 0 Å². The van der Waals surface area contributed by atoms with E-state index in [1.807, 2.05) is 0 Å². The summed E-state index contributed by atoms with van der Waals surface area (Å²) in [5, 5.41) is 5.33. The van der Waals surface area contributed by atoms with Gasteiger partial charge in [0.2, 0.25) is 0 Å². The molecule has 0 saturated carbocycles. The van der Waals surface area contributed by atoms with Crippen molar-refractivity contribution in [2.45, 2.75) is 40.0 Å². The van der Waals surface area contributed by atoms with Crippen molar-refractivity contribution in [1.82, 2.24) is 0 Å². The molecule has 1 aliphatic carbocycles. The van der Waals surface area contributed by atoms with E-state index in [9.17, 15) is 0 Å². The van der Waals surface area contributed by atoms with Crippen molar-refractivity contribution >= 4 is 44.7 Å². The first-order valence-corrected chi connectivity index (χ1v) is 16.7. The number of nitrogens with zero attached hydrogens (tertiary/aromatic N) is 1. The van der Waals surface area contributed by atoms with Gasteiger partial charge >= 0.3 is 0 Å². The number of hydrogen-bond donors (Lipinski definition) is 0. The minimum atomic E-state index is 0.487. The third-order valence-electron chi connectivity index (χ3n) is 10.0. The van der Waals surface area contributed by atoms with Gasteiger partial charge in [0.15, 0.2) is 0 Å². The first-order valence-electron chi connectivity index (χ1n) is 16.7. The van der Waals surface area contributed by atoms with E-state index < -0.39 is 0 Å². The van der Waals surface area contributed by atoms with Gasteiger partial charge in [0.1, 0.15) is 0 Å². The molecular weight excluding hydrogens is 567 g/mol. The summed E-state index contributed by atoms with van der Waals surface area (Å²) in [6.07, 6.45) is 5.75. The Morgan fingerprint density at radius 3 is 2.02 bits per heavy atom. The summed E-state index contributed by atoms with van der Waals surface area (Å²) >= 11 is 0. The number of benzene rings is 7. The average molecular weight is 606 g/mol. The molecule has 0 N–H and O–H groups in total. The van der Waals surface area contributed by atoms with E-state index in [2.05, 4.69) is 178 Å². The highest BCUT2D eigenvalue weighted by Crippen LogP contribution is 2.44. The van der Waals surface area contributed by atoms with Crippen LogP contribution >= 0.6 is 0 Å². The second-order valence-corrected chi connectivity index (χ2v) is 13.2. The van der Waals surface area contributed by atoms with Gasteiger partial charge in [-0.1, -0.05) is 110 Å². The van der Waals surface area contributed by atoms with Crippen LogP contribution in [0.3, 0.4) is 0 Å². The zero-order chi connectivity index (χ0) is 32.1. The Morgan fingerprint density at radius 1 is 0.511 bits per heavy atom. The van der Waals surface area contributed by atoms with Crippen LogP contribution in [0.25, 0.3) is 49.9 Å². The maximum absolute atomic E-state index is 2.41. The predicted octanol–water partition coefficient (Wildman–Crippen LogP) is 13.2. The van der Waals surface area contributed by atoms with Crippen molar-refractivity contribution in [2.75, 3.05) is 4.90 Å². The number of anilines is 3. The highest BCUT2D eigenvalue weighted by atomic mass is 15.1. The standard InChI is InChI=1S/C46H39N/c1-30-11-9-14-37(27-30)47(36-23-21-34(22-24-36)35-20-19-32(3)44(28-35)39-15-6-5-12-31(39)2)38-25-26-43-45(29-38)41-17-8-7-16-40(41)42-18-10-13-33(4)46(42)43/h5-12,14-29,33H,13H2,1-4H3. The topological polar surface area (TPSA) is 3.24 Å². The molecular formula is C46H39N. The fraction of sp³-hybridized carbons (Fsp3) is 0.130. The van der Waals surface area contributed by atoms with Crippen molar-refractivity contribution in [2.24, 2.45) is 0 Å². The zero-order valence-corrected chi connectivity index (χ0v) is 27.6. The zero-order valence-electron chi connectivity index (χ0n) is 27.6. The van der Waals surface area contributed by atoms with Crippen molar-refractivity contribution in [1.29, 1.82) is 0 Å². The molecule has 1 heteroatoms. The number of hydrogen-bond acceptors (Lipinski definition) is 1. The van der Waals surface area contributed by atoms with E-state index >= 15 is 0 Å². The molecule has 228 valence electrons. The van der Waals surface area contributed by atoms with Crippen LogP contribution in [0.4, 0.5) is 17.1 Å². The molecule has 0 saturated heterocycles. The lowest BCUT2D eigenvalue weighted by molar-refractivity contribution is 0.781. The Bertz CT molecular complexity index is 2320. The Hall–Kier alpha value is -5.40. The van der Waals surface area contributed by atoms with Crippen LogP contribution in [0.2, 0.25) is 0 Å². The fourth-order valence-corrected chi connectivity index (χ4v) is 7.57. The summed E-state index contributed by atoms with van der Waals surface area (Å²) in [6, 6.07) is 49.4. The maximum atomic E-state index is 2.41. The van der Waals surface area contributed by atoms with Crippen molar-refractivity contribution in [3.05, 3.63) is 167 Å². The molecule has 47 heavy (non-hydrogen) atoms. The van der Waals surface area contributed by atoms with Gasteiger partial charge in [-0.3, -0.25) is 0 Å². The Balaban J connectivity index is 1.26. The molecule has 7 aromatic carbocycles. The van der Waals surface area contributed by atoms with Gasteiger partial charge in [0.05, 0.1) is 0 Å². The first kappa shape index (κ1) is 29.0. The second kappa shape index (κ2) is 11.8. The van der Waals surface area contributed by atoms with Gasteiger partial charge in [-0.05, 0) is 147 Å². The van der Waals surface area contributed by atoms with Gasteiger partial charge in [-0.2, -0.15) is 0 Å². The Labute approximate surface area is 278 Å². The maximum Gasteiger partial charge on any atom is 0.0468 e. The lowest BCUT2D eigenvalue weighted by Gasteiger charge is -2.28. The lowest BCUT2D eigenvalue weighted by atomic mass is 9.81. The van der Waals surface area contributed by atoms with E-state index in [-0.39, 0.29) is 0 Å². The lowest BCUT2D eigenvalue weighted by Crippen LogP contribution is -2.10. The van der Waals surface area contributed by atoms with E-state index in [1.54, 1.807) is 0 Å². The molecule has 7 aromatic rings. The molecule has 1 atom stereocenters. The van der Waals surface area contributed by atoms with Crippen LogP contribution in [-0.2, 0) is 0 Å². The molecule has 1 unspecified atom stereocenters. The van der Waals surface area contributed by atoms with E-state index in [1.165, 1.54) is 71.6 Å². The third kappa shape index (κ3) is 5.13. The summed E-state index contributed by atoms with van der Waals surface area (Å²) in [5.41, 5.74) is 15.2. The van der Waals surface area contributed by atoms with Crippen LogP contribution in [0.5, 0.6) is 0 Å². The molecule has 8 rings (SSSR count). The SMILES string of the molecule is Cc1cccc(N(c2ccc(-c3ccc(C)c(-c4ccccc4C)c3)cc2)c2ccc3c4c(c5ccccc5c3c2)C=CCC4C)c1. The minimum Gasteiger partial charge on any atom is -0.310 e. The highest BCUT2D eigenvalue weighted by Gasteiger charge is 2.21. The molecule has 1 aliphatic rings. The summed E-state index contributed by atoms with van der Waals surface area (Å²) in [5.74, 6) is 0.487. The summed E-state index contributed by atoms with van der Waals surface area (Å²) < 4.78 is 0. The van der Waals surface area contributed by atoms with Gasteiger partial charge in [-0.25, -0.2) is 0 Å². The summed E-state index contributed by atoms with van der Waals surface area (Å²) in [6.45, 7) is 8.93. The van der Waals surface area contributed by atoms with Crippen molar-refractivity contribution < 1.29 is 0 Å². The fourth-order valence-electron chi connectivity index (χ4n) is 7.57. The monoisotopic (exact) mass is 605 g/mol. The smallest absolute Gasteiger partial charge is 0.0468 e. The van der Waals surface area contributed by atoms with Gasteiger partial charge < -0.3 is 4.90 Å². The number of allylic oxidation sites excluding steroid dienone is 1. The quantitative estimate of drug-likeness (QED) is 0.176. The second-order valence-electron chi connectivity index (χ2n) is 13.2. The van der Waals surface area contributed by atoms with Gasteiger partial charge in [0.25, 0.3) is 0 Å². The van der Waals surface area contributed by atoms with Crippen LogP contribution in [0.15, 0.2) is 140 Å². The molecule has 0 bridgehead atoms. The van der Waals surface area contributed by atoms with E-state index in [0.717, 1.165) is 23.5 Å². The number of aryl methyl sites for hydroxylation is 3. The number of fused-ring (bicyclic) bond motifs is 6. The number of rotatable bonds is 5. The van der Waals surface area contributed by atoms with Gasteiger partial charge in [0, 0.05) is 17.1 Å². The van der Waals surface area contributed by atoms with Crippen LogP contribution < -0.4 is 4.90 Å². The Morgan fingerprint density at radius 2 is 1.21 bits per heavy atom. The third-order valence-corrected chi connectivity index (χ3v) is 10.0.